The van der Waals surface area contributed by atoms with Crippen LogP contribution in [0.5, 0.6) is 0 Å². The summed E-state index contributed by atoms with van der Waals surface area (Å²) in [5.41, 5.74) is 1.27. The van der Waals surface area contributed by atoms with Gasteiger partial charge in [0.25, 0.3) is 0 Å². The molecule has 0 aliphatic rings. The second kappa shape index (κ2) is 4.55. The molecule has 0 saturated carbocycles. The summed E-state index contributed by atoms with van der Waals surface area (Å²) in [5.74, 6) is 0.639. The number of hydrogen-bond donors (Lipinski definition) is 1. The third kappa shape index (κ3) is 3.06. The maximum absolute atomic E-state index is 9.66. The van der Waals surface area contributed by atoms with Crippen LogP contribution in [0.15, 0.2) is 11.6 Å². The third-order valence-electron chi connectivity index (χ3n) is 2.37. The van der Waals surface area contributed by atoms with Gasteiger partial charge in [-0.2, -0.15) is 0 Å². The molecule has 66 valence electrons. The van der Waals surface area contributed by atoms with Gasteiger partial charge in [0, 0.05) is 5.92 Å². The maximum Gasteiger partial charge on any atom is 0.0625 e. The second-order valence-corrected chi connectivity index (χ2v) is 3.56. The SMILES string of the molecule is C/C=C(/C)[C@H](C)[C@H](O)C(C)C. The van der Waals surface area contributed by atoms with Crippen LogP contribution >= 0.6 is 0 Å². The molecule has 0 aromatic rings. The lowest BCUT2D eigenvalue weighted by Crippen LogP contribution is -2.24. The number of hydrogen-bond acceptors (Lipinski definition) is 1. The van der Waals surface area contributed by atoms with Gasteiger partial charge in [0.1, 0.15) is 0 Å². The van der Waals surface area contributed by atoms with Crippen LogP contribution in [-0.4, -0.2) is 11.2 Å². The van der Waals surface area contributed by atoms with Crippen molar-refractivity contribution in [3.8, 4) is 0 Å². The summed E-state index contributed by atoms with van der Waals surface area (Å²) in [6.07, 6.45) is 1.86. The van der Waals surface area contributed by atoms with E-state index >= 15 is 0 Å². The fourth-order valence-electron chi connectivity index (χ4n) is 1.11. The van der Waals surface area contributed by atoms with Gasteiger partial charge < -0.3 is 5.11 Å². The van der Waals surface area contributed by atoms with Gasteiger partial charge in [-0.3, -0.25) is 0 Å². The van der Waals surface area contributed by atoms with Gasteiger partial charge >= 0.3 is 0 Å². The van der Waals surface area contributed by atoms with Crippen LogP contribution in [0.3, 0.4) is 0 Å². The highest BCUT2D eigenvalue weighted by Crippen LogP contribution is 2.19. The van der Waals surface area contributed by atoms with Crippen LogP contribution in [0.25, 0.3) is 0 Å². The Hall–Kier alpha value is -0.300. The number of aliphatic hydroxyl groups excluding tert-OH is 1. The van der Waals surface area contributed by atoms with Crippen LogP contribution in [0.4, 0.5) is 0 Å². The van der Waals surface area contributed by atoms with E-state index in [2.05, 4.69) is 19.9 Å². The first kappa shape index (κ1) is 10.7. The third-order valence-corrected chi connectivity index (χ3v) is 2.37. The molecular weight excluding hydrogens is 136 g/mol. The van der Waals surface area contributed by atoms with Gasteiger partial charge in [0.15, 0.2) is 0 Å². The highest BCUT2D eigenvalue weighted by atomic mass is 16.3. The molecular formula is C10H20O. The predicted molar refractivity (Wildman–Crippen MR) is 49.4 cm³/mol. The molecule has 0 heterocycles. The van der Waals surface area contributed by atoms with Gasteiger partial charge in [-0.1, -0.05) is 32.4 Å². The van der Waals surface area contributed by atoms with Crippen molar-refractivity contribution in [3.05, 3.63) is 11.6 Å². The Morgan fingerprint density at radius 2 is 1.73 bits per heavy atom. The molecule has 1 nitrogen and oxygen atoms in total. The Balaban J connectivity index is 4.13. The first-order valence-corrected chi connectivity index (χ1v) is 4.31. The van der Waals surface area contributed by atoms with E-state index in [0.717, 1.165) is 0 Å². The van der Waals surface area contributed by atoms with Crippen molar-refractivity contribution in [3.63, 3.8) is 0 Å². The van der Waals surface area contributed by atoms with E-state index in [0.29, 0.717) is 11.8 Å². The lowest BCUT2D eigenvalue weighted by atomic mass is 9.89. The molecule has 0 aromatic heterocycles. The van der Waals surface area contributed by atoms with E-state index in [9.17, 15) is 5.11 Å². The molecule has 0 rings (SSSR count). The zero-order chi connectivity index (χ0) is 9.02. The fourth-order valence-corrected chi connectivity index (χ4v) is 1.11. The number of aliphatic hydroxyl groups is 1. The molecule has 11 heavy (non-hydrogen) atoms. The summed E-state index contributed by atoms with van der Waals surface area (Å²) in [5, 5.41) is 9.66. The zero-order valence-corrected chi connectivity index (χ0v) is 8.26. The summed E-state index contributed by atoms with van der Waals surface area (Å²) >= 11 is 0. The Morgan fingerprint density at radius 3 is 2.00 bits per heavy atom. The summed E-state index contributed by atoms with van der Waals surface area (Å²) in [6.45, 7) is 10.2. The average Bonchev–Trinajstić information content (AvgIpc) is 2.00. The topological polar surface area (TPSA) is 20.2 Å². The minimum Gasteiger partial charge on any atom is -0.392 e. The molecule has 0 aliphatic heterocycles. The van der Waals surface area contributed by atoms with E-state index in [1.807, 2.05) is 20.8 Å². The summed E-state index contributed by atoms with van der Waals surface area (Å²) in [7, 11) is 0. The molecule has 0 saturated heterocycles. The monoisotopic (exact) mass is 156 g/mol. The van der Waals surface area contributed by atoms with Crippen molar-refractivity contribution in [1.29, 1.82) is 0 Å². The minimum absolute atomic E-state index is 0.203. The van der Waals surface area contributed by atoms with E-state index in [1.165, 1.54) is 5.57 Å². The Kier molecular flexibility index (Phi) is 4.43. The quantitative estimate of drug-likeness (QED) is 0.623. The fraction of sp³-hybridized carbons (Fsp3) is 0.800. The van der Waals surface area contributed by atoms with E-state index < -0.39 is 0 Å². The van der Waals surface area contributed by atoms with Crippen LogP contribution in [0.2, 0.25) is 0 Å². The van der Waals surface area contributed by atoms with Crippen LogP contribution in [0, 0.1) is 11.8 Å². The maximum atomic E-state index is 9.66. The lowest BCUT2D eigenvalue weighted by Gasteiger charge is -2.22. The van der Waals surface area contributed by atoms with Crippen molar-refractivity contribution >= 4 is 0 Å². The predicted octanol–water partition coefficient (Wildman–Crippen LogP) is 2.61. The standard InChI is InChI=1S/C10H20O/c1-6-8(4)9(5)10(11)7(2)3/h6-7,9-11H,1-5H3/b8-6-/t9-,10+/m0/s1. The highest BCUT2D eigenvalue weighted by Gasteiger charge is 2.18. The number of allylic oxidation sites excluding steroid dienone is 1. The molecule has 0 amide bonds. The van der Waals surface area contributed by atoms with Crippen LogP contribution in [0.1, 0.15) is 34.6 Å². The molecule has 0 fully saturated rings. The van der Waals surface area contributed by atoms with E-state index in [4.69, 9.17) is 0 Å². The van der Waals surface area contributed by atoms with Crippen molar-refractivity contribution in [2.75, 3.05) is 0 Å². The van der Waals surface area contributed by atoms with Crippen LogP contribution in [-0.2, 0) is 0 Å². The molecule has 2 atom stereocenters. The lowest BCUT2D eigenvalue weighted by molar-refractivity contribution is 0.0867. The van der Waals surface area contributed by atoms with E-state index in [1.54, 1.807) is 0 Å². The normalized spacial score (nSPS) is 18.6. The van der Waals surface area contributed by atoms with Gasteiger partial charge in [-0.25, -0.2) is 0 Å². The molecule has 0 unspecified atom stereocenters. The van der Waals surface area contributed by atoms with Crippen molar-refractivity contribution in [2.45, 2.75) is 40.7 Å². The van der Waals surface area contributed by atoms with Gasteiger partial charge in [-0.05, 0) is 19.8 Å². The molecule has 0 bridgehead atoms. The molecule has 0 aromatic carbocycles. The van der Waals surface area contributed by atoms with Crippen molar-refractivity contribution in [2.24, 2.45) is 11.8 Å². The minimum atomic E-state index is -0.203. The first-order chi connectivity index (χ1) is 5.00. The Labute approximate surface area is 70.1 Å². The van der Waals surface area contributed by atoms with Gasteiger partial charge in [-0.15, -0.1) is 0 Å². The molecule has 0 spiro atoms. The van der Waals surface area contributed by atoms with E-state index in [-0.39, 0.29) is 6.10 Å². The molecule has 0 radical (unpaired) electrons. The molecule has 1 N–H and O–H groups in total. The smallest absolute Gasteiger partial charge is 0.0625 e. The van der Waals surface area contributed by atoms with Crippen molar-refractivity contribution in [1.82, 2.24) is 0 Å². The van der Waals surface area contributed by atoms with Crippen LogP contribution < -0.4 is 0 Å². The summed E-state index contributed by atoms with van der Waals surface area (Å²) < 4.78 is 0. The molecule has 1 heteroatoms. The first-order valence-electron chi connectivity index (χ1n) is 4.31. The Morgan fingerprint density at radius 1 is 1.27 bits per heavy atom. The zero-order valence-electron chi connectivity index (χ0n) is 8.26. The largest absolute Gasteiger partial charge is 0.392 e. The average molecular weight is 156 g/mol. The van der Waals surface area contributed by atoms with Gasteiger partial charge in [0.2, 0.25) is 0 Å². The summed E-state index contributed by atoms with van der Waals surface area (Å²) in [4.78, 5) is 0. The molecule has 0 aliphatic carbocycles. The van der Waals surface area contributed by atoms with Gasteiger partial charge in [0.05, 0.1) is 6.10 Å². The number of rotatable bonds is 3. The second-order valence-electron chi connectivity index (χ2n) is 3.56. The summed E-state index contributed by atoms with van der Waals surface area (Å²) in [6, 6.07) is 0. The highest BCUT2D eigenvalue weighted by molar-refractivity contribution is 5.02. The van der Waals surface area contributed by atoms with Crippen molar-refractivity contribution < 1.29 is 5.11 Å². The Bertz CT molecular complexity index is 136.